The minimum atomic E-state index is -0.189. The Balaban J connectivity index is 0.00000364. The van der Waals surface area contributed by atoms with Crippen LogP contribution in [0.1, 0.15) is 25.0 Å². The van der Waals surface area contributed by atoms with Crippen LogP contribution >= 0.6 is 24.0 Å². The molecule has 0 aliphatic rings. The molecular formula is C20H26FIN4O. The van der Waals surface area contributed by atoms with Crippen molar-refractivity contribution >= 4 is 41.5 Å². The summed E-state index contributed by atoms with van der Waals surface area (Å²) in [5.41, 5.74) is 2.42. The van der Waals surface area contributed by atoms with E-state index >= 15 is 0 Å². The number of nitrogens with one attached hydrogen (secondary N) is 3. The largest absolute Gasteiger partial charge is 0.357 e. The average molecular weight is 484 g/mol. The van der Waals surface area contributed by atoms with Gasteiger partial charge in [-0.2, -0.15) is 0 Å². The molecule has 0 bridgehead atoms. The zero-order valence-corrected chi connectivity index (χ0v) is 17.9. The van der Waals surface area contributed by atoms with Gasteiger partial charge >= 0.3 is 0 Å². The minimum Gasteiger partial charge on any atom is -0.357 e. The van der Waals surface area contributed by atoms with Gasteiger partial charge in [-0.25, -0.2) is 9.38 Å². The molecule has 3 N–H and O–H groups in total. The van der Waals surface area contributed by atoms with Gasteiger partial charge in [-0.1, -0.05) is 30.3 Å². The van der Waals surface area contributed by atoms with E-state index in [4.69, 9.17) is 0 Å². The number of amides is 1. The van der Waals surface area contributed by atoms with Gasteiger partial charge < -0.3 is 16.0 Å². The van der Waals surface area contributed by atoms with Crippen molar-refractivity contribution in [3.63, 3.8) is 0 Å². The molecule has 2 aromatic rings. The van der Waals surface area contributed by atoms with Crippen molar-refractivity contribution in [2.75, 3.05) is 18.4 Å². The second-order valence-electron chi connectivity index (χ2n) is 5.84. The van der Waals surface area contributed by atoms with E-state index in [1.807, 2.05) is 37.3 Å². The molecule has 27 heavy (non-hydrogen) atoms. The van der Waals surface area contributed by atoms with E-state index in [1.165, 1.54) is 13.0 Å². The molecule has 0 saturated heterocycles. The molecule has 0 heterocycles. The van der Waals surface area contributed by atoms with Gasteiger partial charge in [0.1, 0.15) is 5.82 Å². The van der Waals surface area contributed by atoms with Crippen LogP contribution in [0.3, 0.4) is 0 Å². The third-order valence-electron chi connectivity index (χ3n) is 3.66. The van der Waals surface area contributed by atoms with Crippen molar-refractivity contribution in [1.82, 2.24) is 10.6 Å². The van der Waals surface area contributed by atoms with Crippen LogP contribution in [-0.4, -0.2) is 25.0 Å². The zero-order valence-electron chi connectivity index (χ0n) is 15.6. The van der Waals surface area contributed by atoms with Crippen molar-refractivity contribution < 1.29 is 9.18 Å². The molecule has 146 valence electrons. The maximum atomic E-state index is 13.7. The Bertz CT molecular complexity index is 767. The second kappa shape index (κ2) is 12.3. The van der Waals surface area contributed by atoms with Crippen molar-refractivity contribution in [3.8, 4) is 0 Å². The maximum Gasteiger partial charge on any atom is 0.221 e. The standard InChI is InChI=1S/C20H25FN4O.HI/c1-3-22-20(23-12-11-17-8-4-5-10-19(17)21)24-14-16-7-6-9-18(13-16)25-15(2)26;/h4-10,13H,3,11-12,14H2,1-2H3,(H,25,26)(H2,22,23,24);1H. The van der Waals surface area contributed by atoms with E-state index in [0.29, 0.717) is 31.0 Å². The first kappa shape index (κ1) is 22.9. The summed E-state index contributed by atoms with van der Waals surface area (Å²) in [7, 11) is 0. The summed E-state index contributed by atoms with van der Waals surface area (Å²) in [5, 5.41) is 9.15. The summed E-state index contributed by atoms with van der Waals surface area (Å²) in [6, 6.07) is 14.4. The van der Waals surface area contributed by atoms with Gasteiger partial charge in [0.05, 0.1) is 6.54 Å². The molecule has 0 atom stereocenters. The molecule has 0 saturated carbocycles. The lowest BCUT2D eigenvalue weighted by Crippen LogP contribution is -2.38. The Kier molecular flexibility index (Phi) is 10.4. The Morgan fingerprint density at radius 3 is 2.59 bits per heavy atom. The van der Waals surface area contributed by atoms with Gasteiger partial charge in [-0.05, 0) is 42.7 Å². The molecule has 0 fully saturated rings. The molecular weight excluding hydrogens is 458 g/mol. The number of hydrogen-bond acceptors (Lipinski definition) is 2. The van der Waals surface area contributed by atoms with Gasteiger partial charge in [-0.15, -0.1) is 24.0 Å². The Morgan fingerprint density at radius 1 is 1.11 bits per heavy atom. The Morgan fingerprint density at radius 2 is 1.89 bits per heavy atom. The third kappa shape index (κ3) is 8.38. The van der Waals surface area contributed by atoms with Gasteiger partial charge in [-0.3, -0.25) is 4.79 Å². The number of guanidine groups is 1. The first-order chi connectivity index (χ1) is 12.6. The van der Waals surface area contributed by atoms with E-state index in [9.17, 15) is 9.18 Å². The predicted octanol–water partition coefficient (Wildman–Crippen LogP) is 3.70. The van der Waals surface area contributed by atoms with Crippen LogP contribution in [0.15, 0.2) is 53.5 Å². The van der Waals surface area contributed by atoms with Crippen molar-refractivity contribution in [2.45, 2.75) is 26.8 Å². The quantitative estimate of drug-likeness (QED) is 0.319. The molecule has 0 aliphatic heterocycles. The first-order valence-electron chi connectivity index (χ1n) is 8.70. The van der Waals surface area contributed by atoms with Gasteiger partial charge in [0.15, 0.2) is 5.96 Å². The molecule has 2 rings (SSSR count). The molecule has 0 spiro atoms. The summed E-state index contributed by atoms with van der Waals surface area (Å²) in [5.74, 6) is 0.383. The van der Waals surface area contributed by atoms with Crippen molar-refractivity contribution in [1.29, 1.82) is 0 Å². The monoisotopic (exact) mass is 484 g/mol. The van der Waals surface area contributed by atoms with E-state index in [-0.39, 0.29) is 35.7 Å². The fourth-order valence-corrected chi connectivity index (χ4v) is 2.48. The van der Waals surface area contributed by atoms with Crippen LogP contribution in [0.2, 0.25) is 0 Å². The lowest BCUT2D eigenvalue weighted by atomic mass is 10.1. The number of nitrogens with zero attached hydrogens (tertiary/aromatic N) is 1. The summed E-state index contributed by atoms with van der Waals surface area (Å²) in [4.78, 5) is 15.7. The number of aliphatic imine (C=N–C) groups is 1. The summed E-state index contributed by atoms with van der Waals surface area (Å²) >= 11 is 0. The molecule has 0 aromatic heterocycles. The molecule has 0 aliphatic carbocycles. The van der Waals surface area contributed by atoms with Gasteiger partial charge in [0.25, 0.3) is 0 Å². The lowest BCUT2D eigenvalue weighted by molar-refractivity contribution is -0.114. The minimum absolute atomic E-state index is 0. The summed E-state index contributed by atoms with van der Waals surface area (Å²) < 4.78 is 13.7. The Labute approximate surface area is 176 Å². The van der Waals surface area contributed by atoms with Crippen LogP contribution < -0.4 is 16.0 Å². The van der Waals surface area contributed by atoms with E-state index in [0.717, 1.165) is 17.8 Å². The molecule has 0 radical (unpaired) electrons. The Hall–Kier alpha value is -2.16. The van der Waals surface area contributed by atoms with Gasteiger partial charge in [0, 0.05) is 25.7 Å². The van der Waals surface area contributed by atoms with E-state index in [2.05, 4.69) is 20.9 Å². The molecule has 0 unspecified atom stereocenters. The van der Waals surface area contributed by atoms with Crippen molar-refractivity contribution in [2.24, 2.45) is 4.99 Å². The van der Waals surface area contributed by atoms with Crippen molar-refractivity contribution in [3.05, 3.63) is 65.5 Å². The zero-order chi connectivity index (χ0) is 18.8. The SMILES string of the molecule is CCNC(=NCc1cccc(NC(C)=O)c1)NCCc1ccccc1F.I. The number of rotatable bonds is 7. The smallest absolute Gasteiger partial charge is 0.221 e. The third-order valence-corrected chi connectivity index (χ3v) is 3.66. The number of carbonyl (C=O) groups excluding carboxylic acids is 1. The first-order valence-corrected chi connectivity index (χ1v) is 8.70. The number of benzene rings is 2. The molecule has 7 heteroatoms. The number of anilines is 1. The lowest BCUT2D eigenvalue weighted by Gasteiger charge is -2.12. The van der Waals surface area contributed by atoms with Gasteiger partial charge in [0.2, 0.25) is 5.91 Å². The second-order valence-corrected chi connectivity index (χ2v) is 5.84. The maximum absolute atomic E-state index is 13.7. The molecule has 5 nitrogen and oxygen atoms in total. The highest BCUT2D eigenvalue weighted by Crippen LogP contribution is 2.11. The topological polar surface area (TPSA) is 65.5 Å². The molecule has 2 aromatic carbocycles. The van der Waals surface area contributed by atoms with Crippen LogP contribution in [0.5, 0.6) is 0 Å². The highest BCUT2D eigenvalue weighted by Gasteiger charge is 2.03. The van der Waals surface area contributed by atoms with E-state index in [1.54, 1.807) is 12.1 Å². The number of hydrogen-bond donors (Lipinski definition) is 3. The van der Waals surface area contributed by atoms with Crippen LogP contribution in [0, 0.1) is 5.82 Å². The summed E-state index contributed by atoms with van der Waals surface area (Å²) in [6.45, 7) is 5.26. The number of carbonyl (C=O) groups is 1. The fraction of sp³-hybridized carbons (Fsp3) is 0.300. The van der Waals surface area contributed by atoms with Crippen LogP contribution in [0.4, 0.5) is 10.1 Å². The normalized spacial score (nSPS) is 10.7. The van der Waals surface area contributed by atoms with Crippen LogP contribution in [0.25, 0.3) is 0 Å². The summed E-state index contributed by atoms with van der Waals surface area (Å²) in [6.07, 6.45) is 0.578. The van der Waals surface area contributed by atoms with Crippen LogP contribution in [-0.2, 0) is 17.8 Å². The highest BCUT2D eigenvalue weighted by atomic mass is 127. The average Bonchev–Trinajstić information content (AvgIpc) is 2.61. The highest BCUT2D eigenvalue weighted by molar-refractivity contribution is 14.0. The number of halogens is 2. The fourth-order valence-electron chi connectivity index (χ4n) is 2.48. The molecule has 1 amide bonds. The van der Waals surface area contributed by atoms with E-state index < -0.39 is 0 Å². The predicted molar refractivity (Wildman–Crippen MR) is 119 cm³/mol.